The second kappa shape index (κ2) is 8.61. The number of benzene rings is 3. The number of nitrogens with zero attached hydrogens (tertiary/aromatic N) is 1. The molecule has 0 aromatic heterocycles. The Morgan fingerprint density at radius 2 is 1.55 bits per heavy atom. The standard InChI is InChI=1S/C24H22N2O3/c27-23(25-17-18-9-3-1-4-10-18)22-20-13-7-8-14-21(20)24(28)26(22)15-16-29-19-11-5-2-6-12-19/h1-14,22H,15-17H2,(H,25,27). The van der Waals surface area contributed by atoms with Crippen LogP contribution in [-0.4, -0.2) is 29.9 Å². The second-order valence-corrected chi connectivity index (χ2v) is 6.85. The van der Waals surface area contributed by atoms with Crippen LogP contribution in [-0.2, 0) is 11.3 Å². The van der Waals surface area contributed by atoms with E-state index in [1.54, 1.807) is 11.0 Å². The van der Waals surface area contributed by atoms with Crippen molar-refractivity contribution in [3.8, 4) is 5.75 Å². The zero-order valence-corrected chi connectivity index (χ0v) is 16.0. The van der Waals surface area contributed by atoms with Crippen molar-refractivity contribution in [1.29, 1.82) is 0 Å². The van der Waals surface area contributed by atoms with Gasteiger partial charge >= 0.3 is 0 Å². The lowest BCUT2D eigenvalue weighted by atomic mass is 10.0. The predicted octanol–water partition coefficient (Wildman–Crippen LogP) is 3.58. The van der Waals surface area contributed by atoms with Gasteiger partial charge < -0.3 is 15.0 Å². The Morgan fingerprint density at radius 3 is 2.31 bits per heavy atom. The first-order chi connectivity index (χ1) is 14.2. The Bertz CT molecular complexity index is 989. The van der Waals surface area contributed by atoms with E-state index in [0.29, 0.717) is 25.3 Å². The van der Waals surface area contributed by atoms with E-state index in [2.05, 4.69) is 5.32 Å². The number of nitrogens with one attached hydrogen (secondary N) is 1. The molecule has 1 atom stereocenters. The highest BCUT2D eigenvalue weighted by atomic mass is 16.5. The molecule has 1 aliphatic heterocycles. The summed E-state index contributed by atoms with van der Waals surface area (Å²) in [4.78, 5) is 27.5. The van der Waals surface area contributed by atoms with E-state index in [1.165, 1.54) is 0 Å². The van der Waals surface area contributed by atoms with Gasteiger partial charge in [-0.05, 0) is 29.3 Å². The van der Waals surface area contributed by atoms with Gasteiger partial charge in [0.15, 0.2) is 0 Å². The number of para-hydroxylation sites is 1. The van der Waals surface area contributed by atoms with Gasteiger partial charge in [0.1, 0.15) is 18.4 Å². The smallest absolute Gasteiger partial charge is 0.255 e. The number of fused-ring (bicyclic) bond motifs is 1. The molecule has 0 fully saturated rings. The minimum absolute atomic E-state index is 0.142. The summed E-state index contributed by atoms with van der Waals surface area (Å²) in [5.41, 5.74) is 2.33. The Labute approximate surface area is 169 Å². The average molecular weight is 386 g/mol. The Kier molecular flexibility index (Phi) is 5.56. The van der Waals surface area contributed by atoms with Crippen LogP contribution in [0.3, 0.4) is 0 Å². The molecule has 146 valence electrons. The number of amides is 2. The molecule has 1 unspecified atom stereocenters. The van der Waals surface area contributed by atoms with Crippen LogP contribution in [0, 0.1) is 0 Å². The van der Waals surface area contributed by atoms with Gasteiger partial charge in [-0.3, -0.25) is 9.59 Å². The third-order valence-electron chi connectivity index (χ3n) is 4.96. The molecule has 0 saturated heterocycles. The van der Waals surface area contributed by atoms with Gasteiger partial charge in [0.25, 0.3) is 5.91 Å². The molecule has 5 heteroatoms. The molecule has 0 saturated carbocycles. The van der Waals surface area contributed by atoms with Crippen LogP contribution in [0.1, 0.15) is 27.5 Å². The van der Waals surface area contributed by atoms with Gasteiger partial charge in [-0.2, -0.15) is 0 Å². The van der Waals surface area contributed by atoms with Gasteiger partial charge in [0.2, 0.25) is 5.91 Å². The molecule has 0 aliphatic carbocycles. The fraction of sp³-hybridized carbons (Fsp3) is 0.167. The molecule has 1 heterocycles. The number of carbonyl (C=O) groups excluding carboxylic acids is 2. The monoisotopic (exact) mass is 386 g/mol. The van der Waals surface area contributed by atoms with E-state index < -0.39 is 6.04 Å². The molecule has 5 nitrogen and oxygen atoms in total. The summed E-state index contributed by atoms with van der Waals surface area (Å²) < 4.78 is 5.75. The lowest BCUT2D eigenvalue weighted by Gasteiger charge is -2.24. The molecular weight excluding hydrogens is 364 g/mol. The molecule has 0 spiro atoms. The van der Waals surface area contributed by atoms with Crippen molar-refractivity contribution in [3.63, 3.8) is 0 Å². The number of rotatable bonds is 7. The van der Waals surface area contributed by atoms with Crippen LogP contribution in [0.15, 0.2) is 84.9 Å². The van der Waals surface area contributed by atoms with E-state index in [-0.39, 0.29) is 11.8 Å². The molecular formula is C24H22N2O3. The van der Waals surface area contributed by atoms with Crippen LogP contribution in [0.5, 0.6) is 5.75 Å². The fourth-order valence-corrected chi connectivity index (χ4v) is 3.54. The van der Waals surface area contributed by atoms with Crippen molar-refractivity contribution in [3.05, 3.63) is 102 Å². The summed E-state index contributed by atoms with van der Waals surface area (Å²) in [7, 11) is 0. The Balaban J connectivity index is 1.48. The highest BCUT2D eigenvalue weighted by molar-refractivity contribution is 6.04. The molecule has 1 N–H and O–H groups in total. The number of hydrogen-bond donors (Lipinski definition) is 1. The molecule has 0 bridgehead atoms. The van der Waals surface area contributed by atoms with Crippen molar-refractivity contribution in [2.45, 2.75) is 12.6 Å². The summed E-state index contributed by atoms with van der Waals surface area (Å²) in [6.45, 7) is 1.05. The quantitative estimate of drug-likeness (QED) is 0.675. The first-order valence-corrected chi connectivity index (χ1v) is 9.63. The third-order valence-corrected chi connectivity index (χ3v) is 4.96. The molecule has 4 rings (SSSR count). The SMILES string of the molecule is O=C(NCc1ccccc1)C1c2ccccc2C(=O)N1CCOc1ccccc1. The van der Waals surface area contributed by atoms with E-state index in [1.807, 2.05) is 78.9 Å². The summed E-state index contributed by atoms with van der Waals surface area (Å²) in [5.74, 6) is 0.408. The van der Waals surface area contributed by atoms with Crippen LogP contribution in [0.4, 0.5) is 0 Å². The molecule has 1 aliphatic rings. The predicted molar refractivity (Wildman–Crippen MR) is 110 cm³/mol. The Morgan fingerprint density at radius 1 is 0.897 bits per heavy atom. The van der Waals surface area contributed by atoms with Gasteiger partial charge in [-0.1, -0.05) is 66.7 Å². The Hall–Kier alpha value is -3.60. The minimum atomic E-state index is -0.651. The van der Waals surface area contributed by atoms with Gasteiger partial charge in [0, 0.05) is 12.1 Å². The summed E-state index contributed by atoms with van der Waals surface area (Å²) >= 11 is 0. The number of carbonyl (C=O) groups is 2. The summed E-state index contributed by atoms with van der Waals surface area (Å²) in [5, 5.41) is 2.97. The minimum Gasteiger partial charge on any atom is -0.492 e. The van der Waals surface area contributed by atoms with E-state index in [4.69, 9.17) is 4.74 Å². The highest BCUT2D eigenvalue weighted by Gasteiger charge is 2.40. The van der Waals surface area contributed by atoms with Crippen molar-refractivity contribution in [1.82, 2.24) is 10.2 Å². The van der Waals surface area contributed by atoms with E-state index in [0.717, 1.165) is 16.9 Å². The van der Waals surface area contributed by atoms with Crippen molar-refractivity contribution >= 4 is 11.8 Å². The maximum Gasteiger partial charge on any atom is 0.255 e. The van der Waals surface area contributed by atoms with Crippen molar-refractivity contribution in [2.75, 3.05) is 13.2 Å². The maximum atomic E-state index is 13.0. The van der Waals surface area contributed by atoms with E-state index >= 15 is 0 Å². The van der Waals surface area contributed by atoms with Gasteiger partial charge in [0.05, 0.1) is 6.54 Å². The zero-order chi connectivity index (χ0) is 20.1. The van der Waals surface area contributed by atoms with Crippen LogP contribution >= 0.6 is 0 Å². The zero-order valence-electron chi connectivity index (χ0n) is 16.0. The van der Waals surface area contributed by atoms with Gasteiger partial charge in [-0.25, -0.2) is 0 Å². The molecule has 2 amide bonds. The summed E-state index contributed by atoms with van der Waals surface area (Å²) in [6.07, 6.45) is 0. The molecule has 0 radical (unpaired) electrons. The lowest BCUT2D eigenvalue weighted by Crippen LogP contribution is -2.40. The first kappa shape index (κ1) is 18.7. The maximum absolute atomic E-state index is 13.0. The van der Waals surface area contributed by atoms with Gasteiger partial charge in [-0.15, -0.1) is 0 Å². The first-order valence-electron chi connectivity index (χ1n) is 9.63. The molecule has 29 heavy (non-hydrogen) atoms. The lowest BCUT2D eigenvalue weighted by molar-refractivity contribution is -0.125. The summed E-state index contributed by atoms with van der Waals surface area (Å²) in [6, 6.07) is 25.8. The molecule has 3 aromatic carbocycles. The van der Waals surface area contributed by atoms with Crippen LogP contribution < -0.4 is 10.1 Å². The second-order valence-electron chi connectivity index (χ2n) is 6.85. The number of hydrogen-bond acceptors (Lipinski definition) is 3. The van der Waals surface area contributed by atoms with Crippen molar-refractivity contribution < 1.29 is 14.3 Å². The average Bonchev–Trinajstić information content (AvgIpc) is 3.06. The number of ether oxygens (including phenoxy) is 1. The highest BCUT2D eigenvalue weighted by Crippen LogP contribution is 2.33. The fourth-order valence-electron chi connectivity index (χ4n) is 3.54. The van der Waals surface area contributed by atoms with Crippen LogP contribution in [0.25, 0.3) is 0 Å². The third kappa shape index (κ3) is 4.14. The van der Waals surface area contributed by atoms with Crippen molar-refractivity contribution in [2.24, 2.45) is 0 Å². The largest absolute Gasteiger partial charge is 0.492 e. The topological polar surface area (TPSA) is 58.6 Å². The van der Waals surface area contributed by atoms with E-state index in [9.17, 15) is 9.59 Å². The molecule has 3 aromatic rings. The van der Waals surface area contributed by atoms with Crippen LogP contribution in [0.2, 0.25) is 0 Å². The normalized spacial score (nSPS) is 15.1.